The highest BCUT2D eigenvalue weighted by Crippen LogP contribution is 2.01. The largest absolute Gasteiger partial charge is 0.478 e. The molecule has 2 aromatic heterocycles. The number of hydrogen-bond acceptors (Lipinski definition) is 4. The van der Waals surface area contributed by atoms with E-state index in [1.54, 1.807) is 12.4 Å². The highest BCUT2D eigenvalue weighted by molar-refractivity contribution is 5.93. The van der Waals surface area contributed by atoms with Crippen molar-refractivity contribution >= 4 is 11.9 Å². The van der Waals surface area contributed by atoms with Crippen LogP contribution < -0.4 is 5.32 Å². The predicted octanol–water partition coefficient (Wildman–Crippen LogP) is 1.15. The molecule has 0 aliphatic heterocycles. The fraction of sp³-hybridized carbons (Fsp3) is 0.143. The summed E-state index contributed by atoms with van der Waals surface area (Å²) in [6, 6.07) is 6.51. The number of rotatable bonds is 5. The van der Waals surface area contributed by atoms with E-state index < -0.39 is 5.97 Å². The quantitative estimate of drug-likeness (QED) is 0.851. The lowest BCUT2D eigenvalue weighted by Gasteiger charge is -2.05. The maximum Gasteiger partial charge on any atom is 0.337 e. The zero-order valence-corrected chi connectivity index (χ0v) is 10.6. The summed E-state index contributed by atoms with van der Waals surface area (Å²) in [6.07, 6.45) is 5.26. The first-order valence-electron chi connectivity index (χ1n) is 6.03. The molecule has 2 rings (SSSR count). The van der Waals surface area contributed by atoms with Crippen LogP contribution in [-0.4, -0.2) is 33.5 Å². The summed E-state index contributed by atoms with van der Waals surface area (Å²) in [7, 11) is 0. The lowest BCUT2D eigenvalue weighted by atomic mass is 10.2. The number of aromatic carboxylic acids is 1. The van der Waals surface area contributed by atoms with Crippen molar-refractivity contribution in [2.45, 2.75) is 6.42 Å². The van der Waals surface area contributed by atoms with Crippen LogP contribution in [0.4, 0.5) is 0 Å². The zero-order chi connectivity index (χ0) is 14.4. The third-order valence-corrected chi connectivity index (χ3v) is 2.69. The summed E-state index contributed by atoms with van der Waals surface area (Å²) < 4.78 is 0. The lowest BCUT2D eigenvalue weighted by molar-refractivity contribution is 0.0695. The SMILES string of the molecule is O=C(O)c1ccc(C(=O)NCCc2ccncc2)nc1. The number of hydrogen-bond donors (Lipinski definition) is 2. The van der Waals surface area contributed by atoms with Crippen molar-refractivity contribution in [2.24, 2.45) is 0 Å². The molecule has 0 aromatic carbocycles. The van der Waals surface area contributed by atoms with Crippen LogP contribution in [0, 0.1) is 0 Å². The van der Waals surface area contributed by atoms with Gasteiger partial charge in [0.1, 0.15) is 5.69 Å². The average Bonchev–Trinajstić information content (AvgIpc) is 2.48. The monoisotopic (exact) mass is 271 g/mol. The van der Waals surface area contributed by atoms with E-state index in [-0.39, 0.29) is 17.2 Å². The molecule has 0 aliphatic rings. The Balaban J connectivity index is 1.87. The molecule has 0 atom stereocenters. The summed E-state index contributed by atoms with van der Waals surface area (Å²) in [5.74, 6) is -1.39. The van der Waals surface area contributed by atoms with Crippen molar-refractivity contribution in [1.82, 2.24) is 15.3 Å². The topological polar surface area (TPSA) is 92.2 Å². The fourth-order valence-corrected chi connectivity index (χ4v) is 1.62. The minimum atomic E-state index is -1.07. The number of carbonyl (C=O) groups excluding carboxylic acids is 1. The minimum Gasteiger partial charge on any atom is -0.478 e. The van der Waals surface area contributed by atoms with Crippen molar-refractivity contribution in [3.05, 3.63) is 59.7 Å². The van der Waals surface area contributed by atoms with Crippen molar-refractivity contribution in [3.63, 3.8) is 0 Å². The van der Waals surface area contributed by atoms with Crippen LogP contribution in [0.2, 0.25) is 0 Å². The third-order valence-electron chi connectivity index (χ3n) is 2.69. The van der Waals surface area contributed by atoms with E-state index in [9.17, 15) is 9.59 Å². The summed E-state index contributed by atoms with van der Waals surface area (Å²) >= 11 is 0. The number of amides is 1. The molecule has 2 aromatic rings. The first-order valence-corrected chi connectivity index (χ1v) is 6.03. The Hall–Kier alpha value is -2.76. The Morgan fingerprint density at radius 3 is 2.50 bits per heavy atom. The number of nitrogens with one attached hydrogen (secondary N) is 1. The van der Waals surface area contributed by atoms with Gasteiger partial charge in [-0.2, -0.15) is 0 Å². The number of carboxylic acids is 1. The lowest BCUT2D eigenvalue weighted by Crippen LogP contribution is -2.26. The van der Waals surface area contributed by atoms with Gasteiger partial charge in [0.25, 0.3) is 5.91 Å². The number of aromatic nitrogens is 2. The van der Waals surface area contributed by atoms with E-state index in [0.717, 1.165) is 5.56 Å². The number of carboxylic acid groups (broad SMARTS) is 1. The molecule has 0 saturated carbocycles. The van der Waals surface area contributed by atoms with E-state index in [4.69, 9.17) is 5.11 Å². The Kier molecular flexibility index (Phi) is 4.39. The van der Waals surface area contributed by atoms with Crippen LogP contribution in [0.25, 0.3) is 0 Å². The van der Waals surface area contributed by atoms with E-state index >= 15 is 0 Å². The van der Waals surface area contributed by atoms with Crippen molar-refractivity contribution in [1.29, 1.82) is 0 Å². The third kappa shape index (κ3) is 3.61. The Labute approximate surface area is 115 Å². The van der Waals surface area contributed by atoms with Crippen molar-refractivity contribution < 1.29 is 14.7 Å². The molecule has 0 saturated heterocycles. The standard InChI is InChI=1S/C14H13N3O3/c18-13(12-2-1-11(9-17-12)14(19)20)16-8-5-10-3-6-15-7-4-10/h1-4,6-7,9H,5,8H2,(H,16,18)(H,19,20). The first kappa shape index (κ1) is 13.7. The Bertz CT molecular complexity index is 597. The molecule has 0 fully saturated rings. The van der Waals surface area contributed by atoms with Gasteiger partial charge in [-0.1, -0.05) is 0 Å². The molecule has 0 radical (unpaired) electrons. The van der Waals surface area contributed by atoms with Gasteiger partial charge in [0.2, 0.25) is 0 Å². The molecular weight excluding hydrogens is 258 g/mol. The smallest absolute Gasteiger partial charge is 0.337 e. The van der Waals surface area contributed by atoms with Crippen molar-refractivity contribution in [3.8, 4) is 0 Å². The minimum absolute atomic E-state index is 0.0540. The fourth-order valence-electron chi connectivity index (χ4n) is 1.62. The summed E-state index contributed by atoms with van der Waals surface area (Å²) in [4.78, 5) is 30.2. The average molecular weight is 271 g/mol. The van der Waals surface area contributed by atoms with E-state index in [1.165, 1.54) is 18.3 Å². The molecule has 1 amide bonds. The molecule has 0 spiro atoms. The Morgan fingerprint density at radius 2 is 1.90 bits per heavy atom. The second-order valence-electron chi connectivity index (χ2n) is 4.10. The van der Waals surface area contributed by atoms with Gasteiger partial charge >= 0.3 is 5.97 Å². The van der Waals surface area contributed by atoms with Gasteiger partial charge in [-0.05, 0) is 36.2 Å². The molecule has 0 unspecified atom stereocenters. The highest BCUT2D eigenvalue weighted by Gasteiger charge is 2.08. The van der Waals surface area contributed by atoms with Crippen LogP contribution in [0.3, 0.4) is 0 Å². The van der Waals surface area contributed by atoms with Crippen LogP contribution in [0.5, 0.6) is 0 Å². The number of nitrogens with zero attached hydrogens (tertiary/aromatic N) is 2. The molecule has 6 nitrogen and oxygen atoms in total. The number of pyridine rings is 2. The van der Waals surface area contributed by atoms with E-state index in [0.29, 0.717) is 13.0 Å². The molecule has 6 heteroatoms. The van der Waals surface area contributed by atoms with E-state index in [2.05, 4.69) is 15.3 Å². The maximum absolute atomic E-state index is 11.8. The normalized spacial score (nSPS) is 10.0. The van der Waals surface area contributed by atoms with Crippen molar-refractivity contribution in [2.75, 3.05) is 6.54 Å². The molecule has 2 N–H and O–H groups in total. The second-order valence-corrected chi connectivity index (χ2v) is 4.10. The summed E-state index contributed by atoms with van der Waals surface area (Å²) in [5, 5.41) is 11.5. The highest BCUT2D eigenvalue weighted by atomic mass is 16.4. The molecule has 20 heavy (non-hydrogen) atoms. The van der Waals surface area contributed by atoms with Gasteiger partial charge in [-0.15, -0.1) is 0 Å². The van der Waals surface area contributed by atoms with Crippen LogP contribution in [-0.2, 0) is 6.42 Å². The summed E-state index contributed by atoms with van der Waals surface area (Å²) in [6.45, 7) is 0.477. The number of carbonyl (C=O) groups is 2. The van der Waals surface area contributed by atoms with Crippen LogP contribution in [0.1, 0.15) is 26.4 Å². The Morgan fingerprint density at radius 1 is 1.15 bits per heavy atom. The summed E-state index contributed by atoms with van der Waals surface area (Å²) in [5.41, 5.74) is 1.33. The maximum atomic E-state index is 11.8. The van der Waals surface area contributed by atoms with Gasteiger partial charge in [0.15, 0.2) is 0 Å². The zero-order valence-electron chi connectivity index (χ0n) is 10.6. The first-order chi connectivity index (χ1) is 9.66. The second kappa shape index (κ2) is 6.42. The van der Waals surface area contributed by atoms with Gasteiger partial charge in [-0.3, -0.25) is 14.8 Å². The van der Waals surface area contributed by atoms with Gasteiger partial charge in [0.05, 0.1) is 5.56 Å². The van der Waals surface area contributed by atoms with Crippen LogP contribution in [0.15, 0.2) is 42.9 Å². The molecule has 0 bridgehead atoms. The van der Waals surface area contributed by atoms with Gasteiger partial charge in [-0.25, -0.2) is 4.79 Å². The van der Waals surface area contributed by atoms with Gasteiger partial charge in [0, 0.05) is 25.1 Å². The molecule has 0 aliphatic carbocycles. The molecular formula is C14H13N3O3. The molecule has 102 valence electrons. The van der Waals surface area contributed by atoms with Crippen LogP contribution >= 0.6 is 0 Å². The van der Waals surface area contributed by atoms with Gasteiger partial charge < -0.3 is 10.4 Å². The predicted molar refractivity (Wildman–Crippen MR) is 71.5 cm³/mol. The molecule has 2 heterocycles. The van der Waals surface area contributed by atoms with E-state index in [1.807, 2.05) is 12.1 Å².